The summed E-state index contributed by atoms with van der Waals surface area (Å²) in [5.74, 6) is 0. The maximum absolute atomic E-state index is 12.4. The minimum atomic E-state index is -3.33. The van der Waals surface area contributed by atoms with Gasteiger partial charge in [0.05, 0.1) is 4.90 Å². The van der Waals surface area contributed by atoms with E-state index < -0.39 is 10.0 Å². The van der Waals surface area contributed by atoms with Crippen LogP contribution in [-0.4, -0.2) is 32.4 Å². The first-order valence-electron chi connectivity index (χ1n) is 6.58. The van der Waals surface area contributed by atoms with Crippen molar-refractivity contribution in [3.05, 3.63) is 15.8 Å². The second-order valence-corrected chi connectivity index (χ2v) is 8.35. The molecule has 1 aromatic rings. The number of aryl methyl sites for hydroxylation is 1. The van der Waals surface area contributed by atoms with Crippen LogP contribution in [0.4, 0.5) is 0 Å². The molecule has 1 aromatic heterocycles. The van der Waals surface area contributed by atoms with Crippen LogP contribution in [0.25, 0.3) is 0 Å². The van der Waals surface area contributed by atoms with E-state index in [0.717, 1.165) is 22.7 Å². The highest BCUT2D eigenvalue weighted by Crippen LogP contribution is 2.27. The van der Waals surface area contributed by atoms with Crippen LogP contribution in [0, 0.1) is 6.92 Å². The molecule has 4 nitrogen and oxygen atoms in total. The van der Waals surface area contributed by atoms with E-state index in [1.807, 2.05) is 13.8 Å². The van der Waals surface area contributed by atoms with Gasteiger partial charge in [0.1, 0.15) is 0 Å². The van der Waals surface area contributed by atoms with Crippen LogP contribution in [0.5, 0.6) is 0 Å². The molecule has 0 bridgehead atoms. The van der Waals surface area contributed by atoms with E-state index in [0.29, 0.717) is 17.5 Å². The quantitative estimate of drug-likeness (QED) is 0.842. The molecule has 110 valence electrons. The van der Waals surface area contributed by atoms with Crippen molar-refractivity contribution in [1.82, 2.24) is 9.62 Å². The Bertz CT molecular complexity index is 507. The number of nitrogens with one attached hydrogen (secondary N) is 1. The predicted molar refractivity (Wildman–Crippen MR) is 81.1 cm³/mol. The van der Waals surface area contributed by atoms with Gasteiger partial charge in [-0.1, -0.05) is 20.8 Å². The van der Waals surface area contributed by atoms with Crippen LogP contribution in [0.15, 0.2) is 11.0 Å². The summed E-state index contributed by atoms with van der Waals surface area (Å²) in [6.07, 6.45) is 0.820. The fourth-order valence-electron chi connectivity index (χ4n) is 1.78. The van der Waals surface area contributed by atoms with E-state index in [2.05, 4.69) is 19.2 Å². The lowest BCUT2D eigenvalue weighted by Gasteiger charge is -2.15. The molecule has 1 rings (SSSR count). The van der Waals surface area contributed by atoms with Crippen molar-refractivity contribution in [1.29, 1.82) is 0 Å². The molecule has 0 aliphatic rings. The average Bonchev–Trinajstić information content (AvgIpc) is 2.69. The van der Waals surface area contributed by atoms with Gasteiger partial charge in [-0.25, -0.2) is 12.7 Å². The molecule has 0 radical (unpaired) electrons. The molecule has 0 aromatic carbocycles. The maximum Gasteiger partial charge on any atom is 0.243 e. The fraction of sp³-hybridized carbons (Fsp3) is 0.692. The Morgan fingerprint density at radius 3 is 2.58 bits per heavy atom. The minimum absolute atomic E-state index is 0.394. The summed E-state index contributed by atoms with van der Waals surface area (Å²) in [6, 6.07) is 2.20. The van der Waals surface area contributed by atoms with Crippen molar-refractivity contribution in [2.75, 3.05) is 13.6 Å². The molecule has 0 saturated heterocycles. The highest BCUT2D eigenvalue weighted by molar-refractivity contribution is 7.89. The smallest absolute Gasteiger partial charge is 0.243 e. The number of rotatable bonds is 7. The second kappa shape index (κ2) is 6.83. The Kier molecular flexibility index (Phi) is 5.98. The lowest BCUT2D eigenvalue weighted by Crippen LogP contribution is -2.27. The summed E-state index contributed by atoms with van der Waals surface area (Å²) in [6.45, 7) is 9.27. The molecule has 0 aliphatic heterocycles. The molecular formula is C13H24N2O2S2. The largest absolute Gasteiger partial charge is 0.310 e. The zero-order chi connectivity index (χ0) is 14.6. The molecule has 0 spiro atoms. The van der Waals surface area contributed by atoms with Crippen LogP contribution in [0.1, 0.15) is 36.9 Å². The van der Waals surface area contributed by atoms with Crippen LogP contribution in [0.3, 0.4) is 0 Å². The van der Waals surface area contributed by atoms with Gasteiger partial charge in [-0.3, -0.25) is 0 Å². The predicted octanol–water partition coefficient (Wildman–Crippen LogP) is 2.59. The second-order valence-electron chi connectivity index (χ2n) is 5.00. The van der Waals surface area contributed by atoms with Gasteiger partial charge >= 0.3 is 0 Å². The molecule has 0 fully saturated rings. The fourth-order valence-corrected chi connectivity index (χ4v) is 4.59. The number of hydrogen-bond acceptors (Lipinski definition) is 4. The van der Waals surface area contributed by atoms with Gasteiger partial charge in [-0.15, -0.1) is 11.3 Å². The molecule has 0 amide bonds. The maximum atomic E-state index is 12.4. The van der Waals surface area contributed by atoms with Crippen molar-refractivity contribution < 1.29 is 8.42 Å². The number of hydrogen-bond donors (Lipinski definition) is 1. The van der Waals surface area contributed by atoms with Crippen LogP contribution in [-0.2, 0) is 16.6 Å². The number of nitrogens with zero attached hydrogens (tertiary/aromatic N) is 1. The summed E-state index contributed by atoms with van der Waals surface area (Å²) in [7, 11) is -1.69. The molecule has 0 unspecified atom stereocenters. The zero-order valence-corrected chi connectivity index (χ0v) is 14.0. The van der Waals surface area contributed by atoms with Gasteiger partial charge in [0.25, 0.3) is 0 Å². The molecule has 19 heavy (non-hydrogen) atoms. The summed E-state index contributed by atoms with van der Waals surface area (Å²) >= 11 is 1.55. The van der Waals surface area contributed by atoms with Crippen LogP contribution < -0.4 is 5.32 Å². The van der Waals surface area contributed by atoms with E-state index in [1.54, 1.807) is 24.5 Å². The zero-order valence-electron chi connectivity index (χ0n) is 12.4. The molecule has 0 aliphatic carbocycles. The highest BCUT2D eigenvalue weighted by Gasteiger charge is 2.24. The third-order valence-corrected chi connectivity index (χ3v) is 6.00. The Hall–Kier alpha value is -0.430. The van der Waals surface area contributed by atoms with Gasteiger partial charge in [-0.2, -0.15) is 0 Å². The van der Waals surface area contributed by atoms with E-state index in [9.17, 15) is 8.42 Å². The standard InChI is InChI=1S/C13H24N2O2S2/c1-6-7-15(5)19(16,17)13-8-12(18-11(13)4)9-14-10(2)3/h8,10,14H,6-7,9H2,1-5H3. The average molecular weight is 304 g/mol. The van der Waals surface area contributed by atoms with Crippen molar-refractivity contribution in [3.63, 3.8) is 0 Å². The molecule has 0 saturated carbocycles. The van der Waals surface area contributed by atoms with Crippen LogP contribution >= 0.6 is 11.3 Å². The highest BCUT2D eigenvalue weighted by atomic mass is 32.2. The SMILES string of the molecule is CCCN(C)S(=O)(=O)c1cc(CNC(C)C)sc1C. The minimum Gasteiger partial charge on any atom is -0.310 e. The van der Waals surface area contributed by atoms with Crippen LogP contribution in [0.2, 0.25) is 0 Å². The van der Waals surface area contributed by atoms with Crippen molar-refractivity contribution >= 4 is 21.4 Å². The van der Waals surface area contributed by atoms with Gasteiger partial charge in [-0.05, 0) is 19.4 Å². The third kappa shape index (κ3) is 4.27. The third-order valence-electron chi connectivity index (χ3n) is 2.83. The van der Waals surface area contributed by atoms with E-state index in [4.69, 9.17) is 0 Å². The van der Waals surface area contributed by atoms with Gasteiger partial charge in [0.15, 0.2) is 0 Å². The van der Waals surface area contributed by atoms with Crippen molar-refractivity contribution in [3.8, 4) is 0 Å². The topological polar surface area (TPSA) is 49.4 Å². The van der Waals surface area contributed by atoms with E-state index in [-0.39, 0.29) is 0 Å². The van der Waals surface area contributed by atoms with Gasteiger partial charge < -0.3 is 5.32 Å². The normalized spacial score (nSPS) is 12.6. The Morgan fingerprint density at radius 1 is 1.42 bits per heavy atom. The summed E-state index contributed by atoms with van der Waals surface area (Å²) in [4.78, 5) is 2.38. The first kappa shape index (κ1) is 16.6. The summed E-state index contributed by atoms with van der Waals surface area (Å²) in [5.41, 5.74) is 0. The number of thiophene rings is 1. The lowest BCUT2D eigenvalue weighted by molar-refractivity contribution is 0.468. The molecule has 0 atom stereocenters. The molecule has 6 heteroatoms. The molecule has 1 N–H and O–H groups in total. The van der Waals surface area contributed by atoms with E-state index in [1.165, 1.54) is 4.31 Å². The monoisotopic (exact) mass is 304 g/mol. The van der Waals surface area contributed by atoms with Crippen molar-refractivity contribution in [2.24, 2.45) is 0 Å². The Labute approximate surface area is 120 Å². The lowest BCUT2D eigenvalue weighted by atomic mass is 10.3. The van der Waals surface area contributed by atoms with Gasteiger partial charge in [0.2, 0.25) is 10.0 Å². The molecular weight excluding hydrogens is 280 g/mol. The van der Waals surface area contributed by atoms with Crippen molar-refractivity contribution in [2.45, 2.75) is 51.6 Å². The Morgan fingerprint density at radius 2 is 2.05 bits per heavy atom. The summed E-state index contributed by atoms with van der Waals surface area (Å²) in [5, 5.41) is 3.31. The number of sulfonamides is 1. The Balaban J connectivity index is 2.95. The van der Waals surface area contributed by atoms with Gasteiger partial charge in [0, 0.05) is 35.9 Å². The first-order valence-corrected chi connectivity index (χ1v) is 8.83. The summed E-state index contributed by atoms with van der Waals surface area (Å²) < 4.78 is 26.2. The first-order chi connectivity index (χ1) is 8.78. The van der Waals surface area contributed by atoms with E-state index >= 15 is 0 Å². The molecule has 1 heterocycles.